The fourth-order valence-corrected chi connectivity index (χ4v) is 2.78. The molecule has 18 heavy (non-hydrogen) atoms. The largest absolute Gasteiger partial charge is 0.384 e. The zero-order valence-electron chi connectivity index (χ0n) is 10.4. The van der Waals surface area contributed by atoms with Gasteiger partial charge in [0.2, 0.25) is 5.91 Å². The number of hydrogen-bond acceptors (Lipinski definition) is 2. The Labute approximate surface area is 112 Å². The predicted molar refractivity (Wildman–Crippen MR) is 71.7 cm³/mol. The third-order valence-corrected chi connectivity index (χ3v) is 4.07. The first-order valence-electron chi connectivity index (χ1n) is 6.26. The Morgan fingerprint density at radius 2 is 2.17 bits per heavy atom. The van der Waals surface area contributed by atoms with Crippen molar-refractivity contribution in [3.8, 4) is 0 Å². The average Bonchev–Trinajstić information content (AvgIpc) is 2.29. The van der Waals surface area contributed by atoms with Crippen LogP contribution in [0.1, 0.15) is 31.7 Å². The predicted octanol–water partition coefficient (Wildman–Crippen LogP) is 2.26. The van der Waals surface area contributed by atoms with Crippen LogP contribution in [0.4, 0.5) is 0 Å². The van der Waals surface area contributed by atoms with Crippen LogP contribution in [-0.2, 0) is 10.2 Å². The van der Waals surface area contributed by atoms with Crippen LogP contribution in [0.2, 0.25) is 5.02 Å². The second-order valence-electron chi connectivity index (χ2n) is 5.01. The van der Waals surface area contributed by atoms with Gasteiger partial charge in [0.05, 0.1) is 0 Å². The van der Waals surface area contributed by atoms with Gasteiger partial charge >= 0.3 is 0 Å². The summed E-state index contributed by atoms with van der Waals surface area (Å²) in [4.78, 5) is 11.5. The molecular formula is C14H18ClNO2. The van der Waals surface area contributed by atoms with Crippen LogP contribution in [-0.4, -0.2) is 23.7 Å². The topological polar surface area (TPSA) is 49.3 Å². The van der Waals surface area contributed by atoms with E-state index < -0.39 is 6.10 Å². The fraction of sp³-hybridized carbons (Fsp3) is 0.500. The number of amides is 1. The summed E-state index contributed by atoms with van der Waals surface area (Å²) in [7, 11) is 0. The zero-order chi connectivity index (χ0) is 13.2. The van der Waals surface area contributed by atoms with Crippen LogP contribution in [0.5, 0.6) is 0 Å². The van der Waals surface area contributed by atoms with Crippen LogP contribution in [0.25, 0.3) is 0 Å². The number of aliphatic hydroxyl groups excluding tert-OH is 1. The molecule has 1 fully saturated rings. The van der Waals surface area contributed by atoms with Gasteiger partial charge in [-0.15, -0.1) is 0 Å². The average molecular weight is 268 g/mol. The summed E-state index contributed by atoms with van der Waals surface area (Å²) < 4.78 is 0. The molecule has 1 aromatic rings. The van der Waals surface area contributed by atoms with Gasteiger partial charge in [-0.3, -0.25) is 4.79 Å². The molecule has 0 aromatic heterocycles. The van der Waals surface area contributed by atoms with Gasteiger partial charge in [0, 0.05) is 17.0 Å². The van der Waals surface area contributed by atoms with E-state index in [0.29, 0.717) is 6.54 Å². The number of benzene rings is 1. The maximum atomic E-state index is 11.5. The first kappa shape index (κ1) is 13.4. The Balaban J connectivity index is 2.12. The maximum Gasteiger partial charge on any atom is 0.248 e. The summed E-state index contributed by atoms with van der Waals surface area (Å²) in [5.74, 6) is -0.326. The van der Waals surface area contributed by atoms with Crippen molar-refractivity contribution in [2.75, 3.05) is 6.54 Å². The van der Waals surface area contributed by atoms with E-state index in [0.717, 1.165) is 29.8 Å². The number of aliphatic hydroxyl groups is 1. The molecule has 0 heterocycles. The number of hydrogen-bond donors (Lipinski definition) is 2. The fourth-order valence-electron chi connectivity index (χ4n) is 2.44. The molecule has 1 aliphatic rings. The van der Waals surface area contributed by atoms with Crippen LogP contribution >= 0.6 is 11.6 Å². The van der Waals surface area contributed by atoms with E-state index in [1.165, 1.54) is 6.92 Å². The number of carbonyl (C=O) groups is 1. The summed E-state index contributed by atoms with van der Waals surface area (Å²) in [5.41, 5.74) is 1.05. The third-order valence-electron chi connectivity index (χ3n) is 3.74. The molecule has 2 rings (SSSR count). The van der Waals surface area contributed by atoms with E-state index in [9.17, 15) is 9.90 Å². The lowest BCUT2D eigenvalue weighted by molar-refractivity contribution is -0.128. The first-order valence-corrected chi connectivity index (χ1v) is 6.64. The van der Waals surface area contributed by atoms with E-state index in [-0.39, 0.29) is 11.3 Å². The SMILES string of the molecule is CC(O)C(=O)NCC1(c2ccccc2Cl)CCC1. The van der Waals surface area contributed by atoms with Gasteiger partial charge in [-0.2, -0.15) is 0 Å². The molecule has 1 unspecified atom stereocenters. The van der Waals surface area contributed by atoms with Crippen molar-refractivity contribution < 1.29 is 9.90 Å². The minimum absolute atomic E-state index is 0.0527. The number of rotatable bonds is 4. The van der Waals surface area contributed by atoms with E-state index in [1.807, 2.05) is 24.3 Å². The highest BCUT2D eigenvalue weighted by molar-refractivity contribution is 6.31. The molecule has 1 atom stereocenters. The Bertz CT molecular complexity index is 441. The molecule has 2 N–H and O–H groups in total. The quantitative estimate of drug-likeness (QED) is 0.879. The van der Waals surface area contributed by atoms with Crippen molar-refractivity contribution in [3.63, 3.8) is 0 Å². The Morgan fingerprint density at radius 1 is 1.50 bits per heavy atom. The van der Waals surface area contributed by atoms with Crippen LogP contribution in [0.3, 0.4) is 0 Å². The molecule has 0 radical (unpaired) electrons. The number of carbonyl (C=O) groups excluding carboxylic acids is 1. The van der Waals surface area contributed by atoms with Gasteiger partial charge in [0.15, 0.2) is 0 Å². The Kier molecular flexibility index (Phi) is 3.93. The van der Waals surface area contributed by atoms with E-state index in [2.05, 4.69) is 5.32 Å². The molecule has 3 nitrogen and oxygen atoms in total. The van der Waals surface area contributed by atoms with Crippen molar-refractivity contribution in [1.82, 2.24) is 5.32 Å². The maximum absolute atomic E-state index is 11.5. The van der Waals surface area contributed by atoms with Crippen LogP contribution in [0.15, 0.2) is 24.3 Å². The van der Waals surface area contributed by atoms with E-state index in [1.54, 1.807) is 0 Å². The highest BCUT2D eigenvalue weighted by atomic mass is 35.5. The normalized spacial score (nSPS) is 18.8. The molecule has 0 bridgehead atoms. The third kappa shape index (κ3) is 2.52. The highest BCUT2D eigenvalue weighted by Gasteiger charge is 2.40. The Hall–Kier alpha value is -1.06. The monoisotopic (exact) mass is 267 g/mol. The molecule has 0 aliphatic heterocycles. The number of halogens is 1. The lowest BCUT2D eigenvalue weighted by Crippen LogP contribution is -2.47. The molecule has 1 aliphatic carbocycles. The van der Waals surface area contributed by atoms with Crippen LogP contribution in [0, 0.1) is 0 Å². The van der Waals surface area contributed by atoms with Crippen molar-refractivity contribution in [3.05, 3.63) is 34.9 Å². The van der Waals surface area contributed by atoms with E-state index in [4.69, 9.17) is 11.6 Å². The smallest absolute Gasteiger partial charge is 0.248 e. The second kappa shape index (κ2) is 5.29. The summed E-state index contributed by atoms with van der Waals surface area (Å²) in [5, 5.41) is 12.8. The van der Waals surface area contributed by atoms with Gasteiger partial charge in [-0.05, 0) is 31.4 Å². The molecule has 0 saturated heterocycles. The molecular weight excluding hydrogens is 250 g/mol. The van der Waals surface area contributed by atoms with Gasteiger partial charge in [0.1, 0.15) is 6.10 Å². The van der Waals surface area contributed by atoms with Gasteiger partial charge in [0.25, 0.3) is 0 Å². The van der Waals surface area contributed by atoms with Crippen LogP contribution < -0.4 is 5.32 Å². The van der Waals surface area contributed by atoms with Crippen molar-refractivity contribution in [2.24, 2.45) is 0 Å². The first-order chi connectivity index (χ1) is 8.55. The van der Waals surface area contributed by atoms with Crippen molar-refractivity contribution in [2.45, 2.75) is 37.7 Å². The zero-order valence-corrected chi connectivity index (χ0v) is 11.2. The van der Waals surface area contributed by atoms with Crippen molar-refractivity contribution in [1.29, 1.82) is 0 Å². The van der Waals surface area contributed by atoms with Crippen molar-refractivity contribution >= 4 is 17.5 Å². The number of nitrogens with one attached hydrogen (secondary N) is 1. The molecule has 1 saturated carbocycles. The summed E-state index contributed by atoms with van der Waals surface area (Å²) in [6.45, 7) is 2.01. The minimum Gasteiger partial charge on any atom is -0.384 e. The van der Waals surface area contributed by atoms with Gasteiger partial charge in [-0.25, -0.2) is 0 Å². The van der Waals surface area contributed by atoms with Gasteiger partial charge < -0.3 is 10.4 Å². The molecule has 98 valence electrons. The summed E-state index contributed by atoms with van der Waals surface area (Å²) in [6.07, 6.45) is 2.23. The standard InChI is InChI=1S/C14H18ClNO2/c1-10(17)13(18)16-9-14(7-4-8-14)11-5-2-3-6-12(11)15/h2-3,5-6,10,17H,4,7-9H2,1H3,(H,16,18). The molecule has 0 spiro atoms. The summed E-state index contributed by atoms with van der Waals surface area (Å²) >= 11 is 6.24. The lowest BCUT2D eigenvalue weighted by atomic mass is 9.64. The Morgan fingerprint density at radius 3 is 2.67 bits per heavy atom. The second-order valence-corrected chi connectivity index (χ2v) is 5.41. The minimum atomic E-state index is -0.964. The highest BCUT2D eigenvalue weighted by Crippen LogP contribution is 2.45. The summed E-state index contributed by atoms with van der Waals surface area (Å²) in [6, 6.07) is 7.79. The molecule has 4 heteroatoms. The van der Waals surface area contributed by atoms with Gasteiger partial charge in [-0.1, -0.05) is 36.2 Å². The lowest BCUT2D eigenvalue weighted by Gasteiger charge is -2.43. The molecule has 1 aromatic carbocycles. The van der Waals surface area contributed by atoms with E-state index >= 15 is 0 Å². The molecule has 1 amide bonds.